The average Bonchev–Trinajstić information content (AvgIpc) is 2.53. The highest BCUT2D eigenvalue weighted by Crippen LogP contribution is 2.44. The van der Waals surface area contributed by atoms with Gasteiger partial charge in [0.15, 0.2) is 0 Å². The summed E-state index contributed by atoms with van der Waals surface area (Å²) in [6, 6.07) is -4.21. The summed E-state index contributed by atoms with van der Waals surface area (Å²) >= 11 is 0. The van der Waals surface area contributed by atoms with Crippen LogP contribution in [0.3, 0.4) is 0 Å². The highest BCUT2D eigenvalue weighted by molar-refractivity contribution is 6.78. The van der Waals surface area contributed by atoms with Crippen LogP contribution in [0.5, 0.6) is 0 Å². The van der Waals surface area contributed by atoms with Crippen molar-refractivity contribution in [3.8, 4) is 0 Å². The molecule has 0 fully saturated rings. The second-order valence-electron chi connectivity index (χ2n) is 4.34. The summed E-state index contributed by atoms with van der Waals surface area (Å²) in [5, 5.41) is 0. The maximum atomic E-state index is 13.5. The molecule has 1 heterocycles. The van der Waals surface area contributed by atoms with Gasteiger partial charge in [0.25, 0.3) is 0 Å². The van der Waals surface area contributed by atoms with Gasteiger partial charge in [-0.3, -0.25) is 4.57 Å². The highest BCUT2D eigenvalue weighted by Gasteiger charge is 2.64. The lowest BCUT2D eigenvalue weighted by atomic mass is 10.5. The Balaban J connectivity index is 3.17. The Bertz CT molecular complexity index is 329. The van der Waals surface area contributed by atoms with Crippen LogP contribution in [0.2, 0.25) is 19.6 Å². The van der Waals surface area contributed by atoms with E-state index in [0.29, 0.717) is 6.33 Å². The van der Waals surface area contributed by atoms with Crippen LogP contribution in [0, 0.1) is 0 Å². The number of aromatic nitrogens is 2. The zero-order valence-electron chi connectivity index (χ0n) is 8.64. The van der Waals surface area contributed by atoms with Crippen molar-refractivity contribution >= 4 is 8.07 Å². The molecule has 15 heavy (non-hydrogen) atoms. The van der Waals surface area contributed by atoms with Gasteiger partial charge < -0.3 is 0 Å². The topological polar surface area (TPSA) is 17.8 Å². The standard InChI is InChI=1S/C8H12F4N2Si/c1-15(2,3)8(11,12)7(9,10)14-5-4-13-6-14/h4-6H,1-3H3. The van der Waals surface area contributed by atoms with Gasteiger partial charge >= 0.3 is 11.6 Å². The molecule has 0 bridgehead atoms. The largest absolute Gasteiger partial charge is 0.388 e. The summed E-state index contributed by atoms with van der Waals surface area (Å²) in [4.78, 5) is 3.35. The second-order valence-corrected chi connectivity index (χ2v) is 9.46. The Morgan fingerprint density at radius 1 is 1.13 bits per heavy atom. The molecule has 0 amide bonds. The molecule has 0 aliphatic carbocycles. The van der Waals surface area contributed by atoms with E-state index in [1.54, 1.807) is 0 Å². The van der Waals surface area contributed by atoms with Crippen LogP contribution in [-0.4, -0.2) is 23.2 Å². The Kier molecular flexibility index (Phi) is 2.71. The van der Waals surface area contributed by atoms with Crippen LogP contribution in [0.1, 0.15) is 0 Å². The summed E-state index contributed by atoms with van der Waals surface area (Å²) in [7, 11) is -3.31. The molecule has 0 unspecified atom stereocenters. The molecule has 0 N–H and O–H groups in total. The summed E-state index contributed by atoms with van der Waals surface area (Å²) in [6.45, 7) is 3.62. The molecule has 0 spiro atoms. The second kappa shape index (κ2) is 3.33. The van der Waals surface area contributed by atoms with E-state index in [1.807, 2.05) is 0 Å². The first-order chi connectivity index (χ1) is 6.61. The minimum atomic E-state index is -4.21. The van der Waals surface area contributed by atoms with Gasteiger partial charge in [-0.25, -0.2) is 13.8 Å². The first kappa shape index (κ1) is 12.2. The average molecular weight is 240 g/mol. The fraction of sp³-hybridized carbons (Fsp3) is 0.625. The smallest absolute Gasteiger partial charge is 0.273 e. The van der Waals surface area contributed by atoms with Crippen molar-refractivity contribution in [3.05, 3.63) is 18.7 Å². The third-order valence-electron chi connectivity index (χ3n) is 2.15. The van der Waals surface area contributed by atoms with Gasteiger partial charge in [0.05, 0.1) is 6.33 Å². The van der Waals surface area contributed by atoms with Gasteiger partial charge in [-0.15, -0.1) is 0 Å². The van der Waals surface area contributed by atoms with Gasteiger partial charge in [-0.05, 0) is 0 Å². The molecule has 0 aliphatic rings. The molecule has 1 aromatic heterocycles. The number of nitrogens with zero attached hydrogens (tertiary/aromatic N) is 2. The molecule has 1 aromatic rings. The molecule has 1 rings (SSSR count). The molecule has 0 saturated carbocycles. The molecule has 0 atom stereocenters. The van der Waals surface area contributed by atoms with Gasteiger partial charge in [-0.1, -0.05) is 19.6 Å². The van der Waals surface area contributed by atoms with Crippen molar-refractivity contribution in [3.63, 3.8) is 0 Å². The molecular formula is C8H12F4N2Si. The monoisotopic (exact) mass is 240 g/mol. The maximum absolute atomic E-state index is 13.5. The third-order valence-corrected chi connectivity index (χ3v) is 4.33. The maximum Gasteiger partial charge on any atom is 0.388 e. The van der Waals surface area contributed by atoms with E-state index in [2.05, 4.69) is 4.98 Å². The predicted octanol–water partition coefficient (Wildman–Crippen LogP) is 2.95. The quantitative estimate of drug-likeness (QED) is 0.586. The van der Waals surface area contributed by atoms with Crippen LogP contribution in [0.4, 0.5) is 17.6 Å². The minimum absolute atomic E-state index is 0.158. The van der Waals surface area contributed by atoms with Gasteiger partial charge in [0.2, 0.25) is 0 Å². The molecule has 0 aliphatic heterocycles. The fourth-order valence-corrected chi connectivity index (χ4v) is 2.07. The zero-order valence-corrected chi connectivity index (χ0v) is 9.64. The summed E-state index contributed by atoms with van der Waals surface area (Å²) < 4.78 is 54.2. The van der Waals surface area contributed by atoms with Crippen LogP contribution in [0.25, 0.3) is 0 Å². The number of hydrogen-bond acceptors (Lipinski definition) is 1. The van der Waals surface area contributed by atoms with Crippen molar-refractivity contribution < 1.29 is 17.6 Å². The zero-order chi connectivity index (χ0) is 11.9. The molecule has 0 aromatic carbocycles. The van der Waals surface area contributed by atoms with E-state index in [0.717, 1.165) is 12.4 Å². The number of halogens is 4. The lowest BCUT2D eigenvalue weighted by molar-refractivity contribution is -0.221. The van der Waals surface area contributed by atoms with Crippen LogP contribution >= 0.6 is 0 Å². The first-order valence-corrected chi connectivity index (χ1v) is 7.85. The van der Waals surface area contributed by atoms with Crippen molar-refractivity contribution in [2.24, 2.45) is 0 Å². The first-order valence-electron chi connectivity index (χ1n) is 4.35. The van der Waals surface area contributed by atoms with Crippen LogP contribution in [0.15, 0.2) is 18.7 Å². The van der Waals surface area contributed by atoms with Gasteiger partial charge in [-0.2, -0.15) is 8.78 Å². The lowest BCUT2D eigenvalue weighted by Crippen LogP contribution is -2.57. The molecule has 86 valence electrons. The summed E-state index contributed by atoms with van der Waals surface area (Å²) in [5.41, 5.74) is -4.01. The van der Waals surface area contributed by atoms with Crippen molar-refractivity contribution in [1.82, 2.24) is 9.55 Å². The minimum Gasteiger partial charge on any atom is -0.273 e. The van der Waals surface area contributed by atoms with E-state index in [-0.39, 0.29) is 4.57 Å². The van der Waals surface area contributed by atoms with Crippen molar-refractivity contribution in [2.75, 3.05) is 0 Å². The number of alkyl halides is 4. The van der Waals surface area contributed by atoms with E-state index in [1.165, 1.54) is 19.6 Å². The number of rotatable bonds is 3. The number of imidazole rings is 1. The number of hydrogen-bond donors (Lipinski definition) is 0. The van der Waals surface area contributed by atoms with Gasteiger partial charge in [0, 0.05) is 12.4 Å². The lowest BCUT2D eigenvalue weighted by Gasteiger charge is -2.35. The van der Waals surface area contributed by atoms with Crippen molar-refractivity contribution in [2.45, 2.75) is 31.2 Å². The SMILES string of the molecule is C[Si](C)(C)C(F)(F)C(F)(F)n1ccnc1. The van der Waals surface area contributed by atoms with E-state index in [9.17, 15) is 17.6 Å². The third kappa shape index (κ3) is 1.80. The highest BCUT2D eigenvalue weighted by atomic mass is 28.3. The molecular weight excluding hydrogens is 228 g/mol. The van der Waals surface area contributed by atoms with Gasteiger partial charge in [0.1, 0.15) is 8.07 Å². The van der Waals surface area contributed by atoms with E-state index < -0.39 is 19.7 Å². The molecule has 2 nitrogen and oxygen atoms in total. The van der Waals surface area contributed by atoms with Crippen molar-refractivity contribution in [1.29, 1.82) is 0 Å². The predicted molar refractivity (Wildman–Crippen MR) is 50.7 cm³/mol. The summed E-state index contributed by atoms with van der Waals surface area (Å²) in [5.74, 6) is 0. The van der Waals surface area contributed by atoms with Crippen LogP contribution < -0.4 is 0 Å². The molecule has 7 heteroatoms. The Morgan fingerprint density at radius 3 is 2.00 bits per heavy atom. The Labute approximate surface area is 85.9 Å². The van der Waals surface area contributed by atoms with Crippen LogP contribution in [-0.2, 0) is 6.05 Å². The molecule has 0 saturated heterocycles. The molecule has 0 radical (unpaired) electrons. The summed E-state index contributed by atoms with van der Waals surface area (Å²) in [6.07, 6.45) is 2.59. The fourth-order valence-electron chi connectivity index (χ4n) is 1.04. The van der Waals surface area contributed by atoms with E-state index >= 15 is 0 Å². The normalized spacial score (nSPS) is 14.3. The Hall–Kier alpha value is -0.853. The van der Waals surface area contributed by atoms with E-state index in [4.69, 9.17) is 0 Å². The Morgan fingerprint density at radius 2 is 1.67 bits per heavy atom.